The molecular formula is C20H19FN2O3. The zero-order valence-corrected chi connectivity index (χ0v) is 14.3. The third-order valence-electron chi connectivity index (χ3n) is 4.35. The minimum Gasteiger partial charge on any atom is -0.479 e. The van der Waals surface area contributed by atoms with Crippen molar-refractivity contribution in [2.45, 2.75) is 19.4 Å². The van der Waals surface area contributed by atoms with Gasteiger partial charge in [-0.15, -0.1) is 0 Å². The lowest BCUT2D eigenvalue weighted by Crippen LogP contribution is -2.50. The molecule has 26 heavy (non-hydrogen) atoms. The topological polar surface area (TPSA) is 69.6 Å². The highest BCUT2D eigenvalue weighted by atomic mass is 19.1. The van der Waals surface area contributed by atoms with E-state index >= 15 is 0 Å². The molecule has 5 nitrogen and oxygen atoms in total. The maximum atomic E-state index is 13.1. The van der Waals surface area contributed by atoms with Crippen molar-refractivity contribution in [1.82, 2.24) is 4.90 Å². The molecule has 0 aromatic heterocycles. The fourth-order valence-corrected chi connectivity index (χ4v) is 3.00. The summed E-state index contributed by atoms with van der Waals surface area (Å²) < 4.78 is 13.1. The number of amides is 1. The van der Waals surface area contributed by atoms with Crippen molar-refractivity contribution in [1.29, 1.82) is 0 Å². The minimum absolute atomic E-state index is 0.259. The van der Waals surface area contributed by atoms with Gasteiger partial charge in [-0.2, -0.15) is 0 Å². The van der Waals surface area contributed by atoms with Crippen molar-refractivity contribution < 1.29 is 19.1 Å². The number of aryl methyl sites for hydroxylation is 1. The van der Waals surface area contributed by atoms with E-state index < -0.39 is 23.7 Å². The number of para-hydroxylation sites is 1. The number of carboxylic acids is 1. The number of aliphatic carboxylic acids is 1. The molecular weight excluding hydrogens is 335 g/mol. The molecule has 0 saturated heterocycles. The summed E-state index contributed by atoms with van der Waals surface area (Å²) in [6.07, 6.45) is 2.34. The number of halogens is 1. The molecule has 3 rings (SSSR count). The van der Waals surface area contributed by atoms with Crippen molar-refractivity contribution in [3.63, 3.8) is 0 Å². The van der Waals surface area contributed by atoms with Crippen molar-refractivity contribution in [2.24, 2.45) is 0 Å². The number of nitrogens with one attached hydrogen (secondary N) is 1. The zero-order valence-electron chi connectivity index (χ0n) is 14.3. The first-order valence-corrected chi connectivity index (χ1v) is 8.29. The Balaban J connectivity index is 1.89. The molecule has 0 fully saturated rings. The summed E-state index contributed by atoms with van der Waals surface area (Å²) in [5.41, 5.74) is 2.48. The molecule has 0 radical (unpaired) electrons. The lowest BCUT2D eigenvalue weighted by atomic mass is 10.0. The first-order chi connectivity index (χ1) is 12.5. The van der Waals surface area contributed by atoms with Gasteiger partial charge in [-0.1, -0.05) is 24.3 Å². The Kier molecular flexibility index (Phi) is 5.02. The Morgan fingerprint density at radius 3 is 2.50 bits per heavy atom. The molecule has 2 N–H and O–H groups in total. The molecule has 1 heterocycles. The van der Waals surface area contributed by atoms with Gasteiger partial charge in [0.25, 0.3) is 5.91 Å². The SMILES string of the molecule is Cc1ccccc1NC1=CCCN(C(=O)c2ccc(F)cc2)C1C(=O)O. The molecule has 0 saturated carbocycles. The van der Waals surface area contributed by atoms with Crippen LogP contribution in [0, 0.1) is 12.7 Å². The number of nitrogens with zero attached hydrogens (tertiary/aromatic N) is 1. The normalized spacial score (nSPS) is 16.8. The van der Waals surface area contributed by atoms with E-state index in [9.17, 15) is 19.1 Å². The largest absolute Gasteiger partial charge is 0.479 e. The average molecular weight is 354 g/mol. The Labute approximate surface area is 150 Å². The summed E-state index contributed by atoms with van der Waals surface area (Å²) in [5.74, 6) is -2.00. The fourth-order valence-electron chi connectivity index (χ4n) is 3.00. The highest BCUT2D eigenvalue weighted by molar-refractivity contribution is 5.97. The molecule has 134 valence electrons. The second-order valence-electron chi connectivity index (χ2n) is 6.13. The van der Waals surface area contributed by atoms with Crippen LogP contribution in [0.2, 0.25) is 0 Å². The van der Waals surface area contributed by atoms with Gasteiger partial charge in [0.2, 0.25) is 0 Å². The highest BCUT2D eigenvalue weighted by Gasteiger charge is 2.35. The molecule has 1 unspecified atom stereocenters. The monoisotopic (exact) mass is 354 g/mol. The van der Waals surface area contributed by atoms with Crippen LogP contribution < -0.4 is 5.32 Å². The van der Waals surface area contributed by atoms with Gasteiger partial charge in [-0.25, -0.2) is 9.18 Å². The van der Waals surface area contributed by atoms with Crippen LogP contribution in [-0.2, 0) is 4.79 Å². The zero-order chi connectivity index (χ0) is 18.7. The second kappa shape index (κ2) is 7.39. The van der Waals surface area contributed by atoms with Crippen molar-refractivity contribution in [2.75, 3.05) is 11.9 Å². The van der Waals surface area contributed by atoms with E-state index in [0.29, 0.717) is 12.1 Å². The van der Waals surface area contributed by atoms with Crippen LogP contribution >= 0.6 is 0 Å². The van der Waals surface area contributed by atoms with Gasteiger partial charge in [0.1, 0.15) is 5.82 Å². The standard InChI is InChI=1S/C20H19FN2O3/c1-13-5-2-3-6-16(13)22-17-7-4-12-23(18(17)20(25)26)19(24)14-8-10-15(21)11-9-14/h2-3,5-11,18,22H,4,12H2,1H3,(H,25,26). The van der Waals surface area contributed by atoms with Crippen LogP contribution in [-0.4, -0.2) is 34.5 Å². The molecule has 1 atom stereocenters. The van der Waals surface area contributed by atoms with E-state index in [1.165, 1.54) is 29.2 Å². The van der Waals surface area contributed by atoms with Crippen LogP contribution in [0.3, 0.4) is 0 Å². The van der Waals surface area contributed by atoms with E-state index in [0.717, 1.165) is 11.3 Å². The molecule has 1 aliphatic rings. The summed E-state index contributed by atoms with van der Waals surface area (Å²) in [4.78, 5) is 26.0. The maximum absolute atomic E-state index is 13.1. The fraction of sp³-hybridized carbons (Fsp3) is 0.200. The smallest absolute Gasteiger partial charge is 0.332 e. The number of hydrogen-bond donors (Lipinski definition) is 2. The van der Waals surface area contributed by atoms with Gasteiger partial charge < -0.3 is 15.3 Å². The predicted molar refractivity (Wildman–Crippen MR) is 96.4 cm³/mol. The van der Waals surface area contributed by atoms with E-state index in [4.69, 9.17) is 0 Å². The molecule has 2 aromatic carbocycles. The Morgan fingerprint density at radius 1 is 1.15 bits per heavy atom. The number of carbonyl (C=O) groups is 2. The van der Waals surface area contributed by atoms with Gasteiger partial charge in [0.05, 0.1) is 0 Å². The van der Waals surface area contributed by atoms with Gasteiger partial charge in [-0.05, 0) is 49.2 Å². The quantitative estimate of drug-likeness (QED) is 0.883. The average Bonchev–Trinajstić information content (AvgIpc) is 2.63. The molecule has 6 heteroatoms. The molecule has 0 aliphatic carbocycles. The van der Waals surface area contributed by atoms with Crippen molar-refractivity contribution in [3.05, 3.63) is 77.2 Å². The van der Waals surface area contributed by atoms with Crippen LogP contribution in [0.15, 0.2) is 60.3 Å². The summed E-state index contributed by atoms with van der Waals surface area (Å²) in [6.45, 7) is 2.20. The maximum Gasteiger partial charge on any atom is 0.332 e. The van der Waals surface area contributed by atoms with E-state index in [2.05, 4.69) is 5.32 Å². The number of anilines is 1. The summed E-state index contributed by atoms with van der Waals surface area (Å²) in [6, 6.07) is 11.5. The Hall–Kier alpha value is -3.15. The number of hydrogen-bond acceptors (Lipinski definition) is 3. The predicted octanol–water partition coefficient (Wildman–Crippen LogP) is 3.43. The number of carboxylic acid groups (broad SMARTS) is 1. The third-order valence-corrected chi connectivity index (χ3v) is 4.35. The Bertz CT molecular complexity index is 862. The first-order valence-electron chi connectivity index (χ1n) is 8.29. The molecule has 1 aliphatic heterocycles. The summed E-state index contributed by atoms with van der Waals surface area (Å²) in [5, 5.41) is 12.9. The van der Waals surface area contributed by atoms with Crippen LogP contribution in [0.1, 0.15) is 22.3 Å². The van der Waals surface area contributed by atoms with Gasteiger partial charge in [0, 0.05) is 23.5 Å². The third kappa shape index (κ3) is 3.59. The van der Waals surface area contributed by atoms with Crippen LogP contribution in [0.5, 0.6) is 0 Å². The lowest BCUT2D eigenvalue weighted by molar-refractivity contribution is -0.141. The van der Waals surface area contributed by atoms with Crippen molar-refractivity contribution in [3.8, 4) is 0 Å². The summed E-state index contributed by atoms with van der Waals surface area (Å²) >= 11 is 0. The second-order valence-corrected chi connectivity index (χ2v) is 6.13. The molecule has 2 aromatic rings. The van der Waals surface area contributed by atoms with Crippen LogP contribution in [0.4, 0.5) is 10.1 Å². The molecule has 0 bridgehead atoms. The van der Waals surface area contributed by atoms with Gasteiger partial charge in [-0.3, -0.25) is 4.79 Å². The van der Waals surface area contributed by atoms with E-state index in [1.807, 2.05) is 31.2 Å². The number of carbonyl (C=O) groups excluding carboxylic acids is 1. The first kappa shape index (κ1) is 17.7. The molecule has 0 spiro atoms. The Morgan fingerprint density at radius 2 is 1.85 bits per heavy atom. The lowest BCUT2D eigenvalue weighted by Gasteiger charge is -2.34. The minimum atomic E-state index is -1.12. The van der Waals surface area contributed by atoms with E-state index in [1.54, 1.807) is 6.08 Å². The van der Waals surface area contributed by atoms with Crippen molar-refractivity contribution >= 4 is 17.6 Å². The van der Waals surface area contributed by atoms with Gasteiger partial charge >= 0.3 is 5.97 Å². The van der Waals surface area contributed by atoms with Crippen LogP contribution in [0.25, 0.3) is 0 Å². The number of benzene rings is 2. The van der Waals surface area contributed by atoms with Gasteiger partial charge in [0.15, 0.2) is 6.04 Å². The number of rotatable bonds is 4. The summed E-state index contributed by atoms with van der Waals surface area (Å²) in [7, 11) is 0. The van der Waals surface area contributed by atoms with E-state index in [-0.39, 0.29) is 12.1 Å². The molecule has 1 amide bonds. The highest BCUT2D eigenvalue weighted by Crippen LogP contribution is 2.24.